The summed E-state index contributed by atoms with van der Waals surface area (Å²) in [6.45, 7) is 2.23. The Labute approximate surface area is 138 Å². The molecule has 1 saturated heterocycles. The molecule has 24 heavy (non-hydrogen) atoms. The number of nitrogens with one attached hydrogen (secondary N) is 1. The van der Waals surface area contributed by atoms with E-state index in [0.717, 1.165) is 43.8 Å². The van der Waals surface area contributed by atoms with Crippen LogP contribution in [-0.4, -0.2) is 45.4 Å². The first-order chi connectivity index (χ1) is 11.2. The van der Waals surface area contributed by atoms with Crippen LogP contribution in [0.15, 0.2) is 29.2 Å². The van der Waals surface area contributed by atoms with Crippen molar-refractivity contribution in [1.82, 2.24) is 9.62 Å². The van der Waals surface area contributed by atoms with Crippen molar-refractivity contribution in [3.8, 4) is 5.75 Å². The summed E-state index contributed by atoms with van der Waals surface area (Å²) in [5, 5.41) is 0. The number of halogens is 3. The average molecular weight is 364 g/mol. The summed E-state index contributed by atoms with van der Waals surface area (Å²) in [7, 11) is -3.74. The maximum atomic E-state index is 12.2. The van der Waals surface area contributed by atoms with Crippen molar-refractivity contribution in [2.75, 3.05) is 19.6 Å². The van der Waals surface area contributed by atoms with Gasteiger partial charge in [0.15, 0.2) is 0 Å². The van der Waals surface area contributed by atoms with Gasteiger partial charge in [-0.3, -0.25) is 0 Å². The van der Waals surface area contributed by atoms with Crippen LogP contribution in [0.25, 0.3) is 0 Å². The second kappa shape index (κ2) is 6.53. The molecule has 0 spiro atoms. The van der Waals surface area contributed by atoms with Crippen molar-refractivity contribution in [1.29, 1.82) is 0 Å². The Balaban J connectivity index is 1.55. The van der Waals surface area contributed by atoms with E-state index < -0.39 is 22.1 Å². The van der Waals surface area contributed by atoms with E-state index in [9.17, 15) is 21.6 Å². The van der Waals surface area contributed by atoms with Gasteiger partial charge in [-0.1, -0.05) is 0 Å². The van der Waals surface area contributed by atoms with Crippen molar-refractivity contribution in [2.45, 2.75) is 36.6 Å². The number of alkyl halides is 3. The molecule has 1 atom stereocenters. The quantitative estimate of drug-likeness (QED) is 0.842. The Bertz CT molecular complexity index is 672. The Morgan fingerprint density at radius 3 is 2.42 bits per heavy atom. The largest absolute Gasteiger partial charge is 0.573 e. The first-order valence-electron chi connectivity index (χ1n) is 7.82. The van der Waals surface area contributed by atoms with Crippen LogP contribution in [0.1, 0.15) is 19.3 Å². The molecule has 134 valence electrons. The number of hydrogen-bond donors (Lipinski definition) is 1. The maximum absolute atomic E-state index is 12.2. The van der Waals surface area contributed by atoms with Crippen molar-refractivity contribution >= 4 is 10.0 Å². The fraction of sp³-hybridized carbons (Fsp3) is 0.600. The third kappa shape index (κ3) is 4.61. The minimum atomic E-state index is -4.80. The molecule has 0 amide bonds. The van der Waals surface area contributed by atoms with Gasteiger partial charge in [-0.2, -0.15) is 0 Å². The second-order valence-electron chi connectivity index (χ2n) is 6.25. The van der Waals surface area contributed by atoms with Crippen LogP contribution in [0.4, 0.5) is 13.2 Å². The molecule has 1 aliphatic heterocycles. The lowest BCUT2D eigenvalue weighted by molar-refractivity contribution is -0.274. The van der Waals surface area contributed by atoms with Crippen molar-refractivity contribution in [3.05, 3.63) is 24.3 Å². The first kappa shape index (κ1) is 17.5. The van der Waals surface area contributed by atoms with E-state index in [1.807, 2.05) is 0 Å². The first-order valence-corrected chi connectivity index (χ1v) is 9.31. The lowest BCUT2D eigenvalue weighted by atomic mass is 10.1. The highest BCUT2D eigenvalue weighted by molar-refractivity contribution is 7.89. The molecule has 1 aliphatic carbocycles. The van der Waals surface area contributed by atoms with Gasteiger partial charge in [0, 0.05) is 19.1 Å². The predicted octanol–water partition coefficient (Wildman–Crippen LogP) is 2.35. The smallest absolute Gasteiger partial charge is 0.406 e. The molecule has 0 bridgehead atoms. The molecule has 3 rings (SSSR count). The molecular formula is C15H19F3N2O3S. The topological polar surface area (TPSA) is 58.6 Å². The summed E-state index contributed by atoms with van der Waals surface area (Å²) in [5.74, 6) is -0.175. The van der Waals surface area contributed by atoms with Gasteiger partial charge in [-0.25, -0.2) is 13.1 Å². The molecule has 1 N–H and O–H groups in total. The highest BCUT2D eigenvalue weighted by Gasteiger charge is 2.34. The highest BCUT2D eigenvalue weighted by atomic mass is 32.2. The number of benzene rings is 1. The molecule has 1 heterocycles. The van der Waals surface area contributed by atoms with Gasteiger partial charge in [0.2, 0.25) is 10.0 Å². The molecule has 1 aromatic carbocycles. The summed E-state index contributed by atoms with van der Waals surface area (Å²) in [4.78, 5) is 2.32. The van der Waals surface area contributed by atoms with Crippen LogP contribution in [0, 0.1) is 5.92 Å². The fourth-order valence-corrected chi connectivity index (χ4v) is 4.05. The van der Waals surface area contributed by atoms with Crippen molar-refractivity contribution in [3.63, 3.8) is 0 Å². The maximum Gasteiger partial charge on any atom is 0.573 e. The summed E-state index contributed by atoms with van der Waals surface area (Å²) in [5.41, 5.74) is 0. The van der Waals surface area contributed by atoms with Gasteiger partial charge >= 0.3 is 6.36 Å². The summed E-state index contributed by atoms with van der Waals surface area (Å²) >= 11 is 0. The lowest BCUT2D eigenvalue weighted by Crippen LogP contribution is -2.31. The average Bonchev–Trinajstić information content (AvgIpc) is 3.23. The van der Waals surface area contributed by atoms with E-state index in [1.54, 1.807) is 0 Å². The van der Waals surface area contributed by atoms with Crippen molar-refractivity contribution < 1.29 is 26.3 Å². The number of likely N-dealkylation sites (tertiary alicyclic amines) is 1. The number of sulfonamides is 1. The Morgan fingerprint density at radius 2 is 1.83 bits per heavy atom. The SMILES string of the molecule is O=S(=O)(NC[C@H]1CCN(C2CC2)C1)c1ccc(OC(F)(F)F)cc1. The minimum absolute atomic E-state index is 0.0749. The zero-order valence-corrected chi connectivity index (χ0v) is 13.7. The van der Waals surface area contributed by atoms with Gasteiger partial charge in [-0.05, 0) is 56.0 Å². The summed E-state index contributed by atoms with van der Waals surface area (Å²) in [6.07, 6.45) is -1.39. The van der Waals surface area contributed by atoms with E-state index in [1.165, 1.54) is 12.8 Å². The van der Waals surface area contributed by atoms with E-state index in [-0.39, 0.29) is 10.8 Å². The van der Waals surface area contributed by atoms with Gasteiger partial charge in [0.25, 0.3) is 0 Å². The molecule has 1 saturated carbocycles. The second-order valence-corrected chi connectivity index (χ2v) is 8.02. The molecule has 2 aliphatic rings. The van der Waals surface area contributed by atoms with Crippen molar-refractivity contribution in [2.24, 2.45) is 5.92 Å². The third-order valence-corrected chi connectivity index (χ3v) is 5.75. The number of rotatable bonds is 6. The third-order valence-electron chi connectivity index (χ3n) is 4.31. The zero-order chi connectivity index (χ0) is 17.4. The number of nitrogens with zero attached hydrogens (tertiary/aromatic N) is 1. The molecule has 0 aromatic heterocycles. The normalized spacial score (nSPS) is 22.7. The molecule has 9 heteroatoms. The van der Waals surface area contributed by atoms with Crippen LogP contribution < -0.4 is 9.46 Å². The van der Waals surface area contributed by atoms with Crippen LogP contribution >= 0.6 is 0 Å². The standard InChI is InChI=1S/C15H19F3N2O3S/c16-15(17,18)23-13-3-5-14(6-4-13)24(21,22)19-9-11-7-8-20(10-11)12-1-2-12/h3-6,11-12,19H,1-2,7-10H2/t11-/m1/s1. The summed E-state index contributed by atoms with van der Waals surface area (Å²) in [6, 6.07) is 4.87. The van der Waals surface area contributed by atoms with E-state index in [2.05, 4.69) is 14.4 Å². The lowest BCUT2D eigenvalue weighted by Gasteiger charge is -2.15. The monoisotopic (exact) mass is 364 g/mol. The van der Waals surface area contributed by atoms with Crippen LogP contribution in [0.2, 0.25) is 0 Å². The molecule has 1 aromatic rings. The number of ether oxygens (including phenoxy) is 1. The summed E-state index contributed by atoms with van der Waals surface area (Å²) < 4.78 is 67.0. The Morgan fingerprint density at radius 1 is 1.17 bits per heavy atom. The Hall–Kier alpha value is -1.32. The van der Waals surface area contributed by atoms with Crippen LogP contribution in [-0.2, 0) is 10.0 Å². The van der Waals surface area contributed by atoms with Gasteiger partial charge < -0.3 is 9.64 Å². The highest BCUT2D eigenvalue weighted by Crippen LogP contribution is 2.31. The Kier molecular flexibility index (Phi) is 4.76. The molecule has 0 unspecified atom stereocenters. The van der Waals surface area contributed by atoms with Gasteiger partial charge in [0.05, 0.1) is 4.90 Å². The molecule has 2 fully saturated rings. The van der Waals surface area contributed by atoms with Gasteiger partial charge in [0.1, 0.15) is 5.75 Å². The number of hydrogen-bond acceptors (Lipinski definition) is 4. The predicted molar refractivity (Wildman–Crippen MR) is 81.0 cm³/mol. The molecule has 5 nitrogen and oxygen atoms in total. The van der Waals surface area contributed by atoms with Crippen LogP contribution in [0.5, 0.6) is 5.75 Å². The fourth-order valence-electron chi connectivity index (χ4n) is 2.93. The molecule has 0 radical (unpaired) electrons. The van der Waals surface area contributed by atoms with E-state index in [0.29, 0.717) is 12.6 Å². The van der Waals surface area contributed by atoms with E-state index in [4.69, 9.17) is 0 Å². The minimum Gasteiger partial charge on any atom is -0.406 e. The van der Waals surface area contributed by atoms with Crippen LogP contribution in [0.3, 0.4) is 0 Å². The van der Waals surface area contributed by atoms with E-state index >= 15 is 0 Å². The molecular weight excluding hydrogens is 345 g/mol. The zero-order valence-electron chi connectivity index (χ0n) is 12.9. The van der Waals surface area contributed by atoms with Gasteiger partial charge in [-0.15, -0.1) is 13.2 Å².